The first kappa shape index (κ1) is 24.9. The van der Waals surface area contributed by atoms with Crippen LogP contribution in [-0.2, 0) is 20.9 Å². The lowest BCUT2D eigenvalue weighted by Gasteiger charge is -2.29. The van der Waals surface area contributed by atoms with Gasteiger partial charge >= 0.3 is 5.97 Å². The predicted octanol–water partition coefficient (Wildman–Crippen LogP) is -0.161. The number of hydrogen-bond donors (Lipinski definition) is 1. The monoisotopic (exact) mass is 394 g/mol. The van der Waals surface area contributed by atoms with Gasteiger partial charge in [-0.1, -0.05) is 43.0 Å². The number of unbranched alkanes of at least 4 members (excludes halogenated alkanes) is 1. The van der Waals surface area contributed by atoms with E-state index in [0.717, 1.165) is 24.0 Å². The molecule has 0 fully saturated rings. The molecule has 1 amide bonds. The molecule has 0 saturated carbocycles. The number of allylic oxidation sites excluding steroid dienone is 1. The molecular weight excluding hydrogens is 364 g/mol. The van der Waals surface area contributed by atoms with Crippen LogP contribution in [0.25, 0.3) is 0 Å². The van der Waals surface area contributed by atoms with Crippen LogP contribution in [0.4, 0.5) is 0 Å². The summed E-state index contributed by atoms with van der Waals surface area (Å²) in [5.41, 5.74) is 1.76. The molecule has 0 aliphatic heterocycles. The van der Waals surface area contributed by atoms with Crippen LogP contribution in [0.3, 0.4) is 0 Å². The molecule has 5 nitrogen and oxygen atoms in total. The van der Waals surface area contributed by atoms with E-state index >= 15 is 0 Å². The van der Waals surface area contributed by atoms with Gasteiger partial charge < -0.3 is 26.9 Å². The number of hydrogen-bond acceptors (Lipinski definition) is 3. The highest BCUT2D eigenvalue weighted by Gasteiger charge is 2.16. The van der Waals surface area contributed by atoms with Gasteiger partial charge in [0.1, 0.15) is 19.7 Å². The van der Waals surface area contributed by atoms with Crippen molar-refractivity contribution < 1.29 is 31.2 Å². The molecule has 0 bridgehead atoms. The van der Waals surface area contributed by atoms with Crippen LogP contribution in [0.2, 0.25) is 0 Å². The fraction of sp³-hybridized carbons (Fsp3) is 0.429. The maximum absolute atomic E-state index is 11.7. The summed E-state index contributed by atoms with van der Waals surface area (Å²) in [6, 6.07) is 10.3. The first-order valence-corrected chi connectivity index (χ1v) is 8.93. The zero-order valence-corrected chi connectivity index (χ0v) is 17.3. The maximum Gasteiger partial charge on any atom is 0.330 e. The number of amides is 1. The maximum atomic E-state index is 11.7. The summed E-state index contributed by atoms with van der Waals surface area (Å²) in [6.45, 7) is 7.84. The summed E-state index contributed by atoms with van der Waals surface area (Å²) in [4.78, 5) is 23.0. The van der Waals surface area contributed by atoms with Gasteiger partial charge in [0.2, 0.25) is 5.91 Å². The predicted molar refractivity (Wildman–Crippen MR) is 104 cm³/mol. The molecule has 0 radical (unpaired) electrons. The second-order valence-corrected chi connectivity index (χ2v) is 7.05. The smallest absolute Gasteiger partial charge is 0.330 e. The van der Waals surface area contributed by atoms with E-state index in [9.17, 15) is 9.59 Å². The van der Waals surface area contributed by atoms with Gasteiger partial charge in [0.15, 0.2) is 0 Å². The van der Waals surface area contributed by atoms with Gasteiger partial charge in [-0.15, -0.1) is 0 Å². The zero-order valence-electron chi connectivity index (χ0n) is 16.5. The van der Waals surface area contributed by atoms with E-state index in [4.69, 9.17) is 4.74 Å². The molecule has 1 rings (SSSR count). The van der Waals surface area contributed by atoms with Crippen LogP contribution in [0.1, 0.15) is 25.3 Å². The Labute approximate surface area is 169 Å². The molecular formula is C21H31ClN2O3. The summed E-state index contributed by atoms with van der Waals surface area (Å²) < 4.78 is 6.02. The van der Waals surface area contributed by atoms with Crippen LogP contribution in [0.15, 0.2) is 54.6 Å². The van der Waals surface area contributed by atoms with Gasteiger partial charge in [-0.25, -0.2) is 4.79 Å². The van der Waals surface area contributed by atoms with Crippen LogP contribution in [0, 0.1) is 0 Å². The highest BCUT2D eigenvalue weighted by atomic mass is 35.5. The first-order valence-electron chi connectivity index (χ1n) is 8.93. The lowest BCUT2D eigenvalue weighted by atomic mass is 10.2. The Morgan fingerprint density at radius 2 is 1.89 bits per heavy atom. The molecule has 1 aromatic carbocycles. The van der Waals surface area contributed by atoms with Crippen LogP contribution >= 0.6 is 0 Å². The second kappa shape index (κ2) is 13.1. The summed E-state index contributed by atoms with van der Waals surface area (Å²) >= 11 is 0. The van der Waals surface area contributed by atoms with E-state index in [1.54, 1.807) is 13.0 Å². The van der Waals surface area contributed by atoms with E-state index in [2.05, 4.69) is 38.1 Å². The minimum absolute atomic E-state index is 0. The molecule has 0 aliphatic carbocycles. The Morgan fingerprint density at radius 1 is 1.22 bits per heavy atom. The van der Waals surface area contributed by atoms with Gasteiger partial charge in [0, 0.05) is 23.8 Å². The minimum Gasteiger partial charge on any atom is -1.00 e. The number of likely N-dealkylation sites (N-methyl/N-ethyl adjacent to an activating group) is 1. The van der Waals surface area contributed by atoms with Gasteiger partial charge in [-0.2, -0.15) is 0 Å². The number of nitrogens with one attached hydrogen (secondary N) is 1. The summed E-state index contributed by atoms with van der Waals surface area (Å²) in [5.74, 6) is -0.458. The number of quaternary nitrogens is 1. The Morgan fingerprint density at radius 3 is 2.52 bits per heavy atom. The standard InChI is InChI=1S/C21H30N2O3.ClH/c1-18(2)21(25)22-14-10-6-9-13-20(24)26-16-15-23(3,4)17-19-11-7-5-8-12-19;/h5,7-9,11-13H,1,6,10,14-17H2,2-4H3;1H. The number of nitrogens with zero attached hydrogens (tertiary/aromatic N) is 1. The normalized spacial score (nSPS) is 10.9. The van der Waals surface area contributed by atoms with E-state index in [-0.39, 0.29) is 24.3 Å². The van der Waals surface area contributed by atoms with Crippen molar-refractivity contribution >= 4 is 11.9 Å². The molecule has 0 saturated heterocycles. The number of carbonyl (C=O) groups excluding carboxylic acids is 2. The van der Waals surface area contributed by atoms with Crippen LogP contribution < -0.4 is 17.7 Å². The molecule has 0 aromatic heterocycles. The van der Waals surface area contributed by atoms with Crippen molar-refractivity contribution in [1.29, 1.82) is 0 Å². The third kappa shape index (κ3) is 12.0. The Bertz CT molecular complexity index is 628. The van der Waals surface area contributed by atoms with E-state index in [0.29, 0.717) is 25.1 Å². The molecule has 0 aliphatic rings. The average Bonchev–Trinajstić information content (AvgIpc) is 2.57. The first-order chi connectivity index (χ1) is 12.3. The Kier molecular flexibility index (Phi) is 12.1. The average molecular weight is 395 g/mol. The molecule has 0 heterocycles. The number of esters is 1. The Balaban J connectivity index is 0.00000676. The number of halogens is 1. The van der Waals surface area contributed by atoms with Gasteiger partial charge in [0.05, 0.1) is 14.1 Å². The van der Waals surface area contributed by atoms with Crippen molar-refractivity contribution in [1.82, 2.24) is 5.32 Å². The van der Waals surface area contributed by atoms with Crippen LogP contribution in [0.5, 0.6) is 0 Å². The molecule has 0 unspecified atom stereocenters. The van der Waals surface area contributed by atoms with Crippen molar-refractivity contribution in [2.45, 2.75) is 26.3 Å². The Hall–Kier alpha value is -2.11. The minimum atomic E-state index is -0.323. The fourth-order valence-corrected chi connectivity index (χ4v) is 2.35. The van der Waals surface area contributed by atoms with Crippen LogP contribution in [-0.4, -0.2) is 50.2 Å². The van der Waals surface area contributed by atoms with Crippen molar-refractivity contribution in [2.75, 3.05) is 33.8 Å². The molecule has 0 spiro atoms. The van der Waals surface area contributed by atoms with Crippen molar-refractivity contribution in [3.63, 3.8) is 0 Å². The number of rotatable bonds is 11. The molecule has 150 valence electrons. The van der Waals surface area contributed by atoms with E-state index in [1.165, 1.54) is 11.6 Å². The second-order valence-electron chi connectivity index (χ2n) is 7.05. The lowest BCUT2D eigenvalue weighted by Crippen LogP contribution is -3.00. The van der Waals surface area contributed by atoms with E-state index in [1.807, 2.05) is 18.2 Å². The quantitative estimate of drug-likeness (QED) is 0.245. The molecule has 6 heteroatoms. The number of benzene rings is 1. The number of ether oxygens (including phenoxy) is 1. The zero-order chi connectivity index (χ0) is 19.4. The third-order valence-corrected chi connectivity index (χ3v) is 3.87. The summed E-state index contributed by atoms with van der Waals surface area (Å²) in [5, 5.41) is 2.75. The van der Waals surface area contributed by atoms with Gasteiger partial charge in [-0.05, 0) is 19.8 Å². The van der Waals surface area contributed by atoms with Crippen molar-refractivity contribution in [3.05, 3.63) is 60.2 Å². The SMILES string of the molecule is C=C(C)C(=O)NCCCC=CC(=O)OCC[N+](C)(C)Cc1ccccc1.[Cl-]. The largest absolute Gasteiger partial charge is 1.00 e. The summed E-state index contributed by atoms with van der Waals surface area (Å²) in [7, 11) is 4.24. The lowest BCUT2D eigenvalue weighted by molar-refractivity contribution is -0.903. The van der Waals surface area contributed by atoms with E-state index < -0.39 is 0 Å². The molecule has 1 aromatic rings. The molecule has 0 atom stereocenters. The summed E-state index contributed by atoms with van der Waals surface area (Å²) in [6.07, 6.45) is 4.71. The highest BCUT2D eigenvalue weighted by Crippen LogP contribution is 2.08. The number of carbonyl (C=O) groups is 2. The topological polar surface area (TPSA) is 55.4 Å². The molecule has 1 N–H and O–H groups in total. The van der Waals surface area contributed by atoms with Gasteiger partial charge in [0.25, 0.3) is 0 Å². The third-order valence-electron chi connectivity index (χ3n) is 3.87. The highest BCUT2D eigenvalue weighted by molar-refractivity contribution is 5.92. The van der Waals surface area contributed by atoms with Crippen molar-refractivity contribution in [2.24, 2.45) is 0 Å². The molecule has 27 heavy (non-hydrogen) atoms. The van der Waals surface area contributed by atoms with Crippen molar-refractivity contribution in [3.8, 4) is 0 Å². The fourth-order valence-electron chi connectivity index (χ4n) is 2.35. The van der Waals surface area contributed by atoms with Gasteiger partial charge in [-0.3, -0.25) is 4.79 Å².